The van der Waals surface area contributed by atoms with Crippen molar-refractivity contribution in [2.24, 2.45) is 5.10 Å². The van der Waals surface area contributed by atoms with Gasteiger partial charge in [0.1, 0.15) is 18.1 Å². The molecule has 39 heavy (non-hydrogen) atoms. The molecule has 2 aliphatic heterocycles. The predicted octanol–water partition coefficient (Wildman–Crippen LogP) is 4.05. The van der Waals surface area contributed by atoms with Crippen molar-refractivity contribution in [3.8, 4) is 5.75 Å². The molecule has 0 saturated carbocycles. The number of carbonyl (C=O) groups excluding carboxylic acids is 2. The molecular weight excluding hydrogens is 519 g/mol. The zero-order chi connectivity index (χ0) is 27.2. The van der Waals surface area contributed by atoms with Crippen LogP contribution in [0.2, 0.25) is 0 Å². The quantitative estimate of drug-likeness (QED) is 0.402. The van der Waals surface area contributed by atoms with Gasteiger partial charge in [-0.2, -0.15) is 5.10 Å². The Balaban J connectivity index is 1.38. The number of ether oxygens (including phenoxy) is 2. The van der Waals surface area contributed by atoms with Crippen LogP contribution in [-0.2, 0) is 9.53 Å². The number of rotatable bonds is 9. The van der Waals surface area contributed by atoms with Gasteiger partial charge in [-0.25, -0.2) is 9.40 Å². The van der Waals surface area contributed by atoms with Crippen LogP contribution in [0.3, 0.4) is 0 Å². The molecule has 1 fully saturated rings. The Morgan fingerprint density at radius 3 is 2.51 bits per heavy atom. The van der Waals surface area contributed by atoms with Crippen LogP contribution in [0.4, 0.5) is 4.39 Å². The van der Waals surface area contributed by atoms with Crippen LogP contribution >= 0.6 is 11.3 Å². The molecule has 3 aromatic rings. The highest BCUT2D eigenvalue weighted by Crippen LogP contribution is 2.34. The lowest BCUT2D eigenvalue weighted by atomic mass is 10.0. The molecule has 0 N–H and O–H groups in total. The van der Waals surface area contributed by atoms with E-state index in [1.807, 2.05) is 17.5 Å². The van der Waals surface area contributed by atoms with E-state index in [0.717, 1.165) is 29.2 Å². The third kappa shape index (κ3) is 6.52. The average Bonchev–Trinajstić information content (AvgIpc) is 3.67. The van der Waals surface area contributed by atoms with E-state index in [-0.39, 0.29) is 30.2 Å². The van der Waals surface area contributed by atoms with Crippen LogP contribution < -0.4 is 4.74 Å². The molecule has 1 unspecified atom stereocenters. The summed E-state index contributed by atoms with van der Waals surface area (Å²) in [6, 6.07) is 16.6. The van der Waals surface area contributed by atoms with Gasteiger partial charge in [0.2, 0.25) is 0 Å². The van der Waals surface area contributed by atoms with Crippen LogP contribution in [0.1, 0.15) is 33.3 Å². The minimum atomic E-state index is -0.382. The van der Waals surface area contributed by atoms with Gasteiger partial charge in [0.15, 0.2) is 0 Å². The van der Waals surface area contributed by atoms with Crippen molar-refractivity contribution >= 4 is 28.9 Å². The SMILES string of the molecule is COc1ccc(C(=O)N(CCN2CCOCC2)CC(=O)N2N=C(c3cccs3)CC2c2ccc(F)cc2)cc1. The smallest absolute Gasteiger partial charge is 0.262 e. The first-order valence-corrected chi connectivity index (χ1v) is 13.8. The van der Waals surface area contributed by atoms with E-state index in [0.29, 0.717) is 44.0 Å². The number of amides is 2. The fraction of sp³-hybridized carbons (Fsp3) is 0.345. The second-order valence-electron chi connectivity index (χ2n) is 9.44. The van der Waals surface area contributed by atoms with Crippen molar-refractivity contribution in [2.45, 2.75) is 12.5 Å². The summed E-state index contributed by atoms with van der Waals surface area (Å²) >= 11 is 1.56. The summed E-state index contributed by atoms with van der Waals surface area (Å²) in [5.74, 6) is -0.218. The fourth-order valence-corrected chi connectivity index (χ4v) is 5.49. The first-order valence-electron chi connectivity index (χ1n) is 12.9. The maximum atomic E-state index is 13.8. The molecule has 1 saturated heterocycles. The second-order valence-corrected chi connectivity index (χ2v) is 10.4. The Bertz CT molecular complexity index is 1290. The van der Waals surface area contributed by atoms with Gasteiger partial charge < -0.3 is 14.4 Å². The van der Waals surface area contributed by atoms with Gasteiger partial charge >= 0.3 is 0 Å². The number of nitrogens with zero attached hydrogens (tertiary/aromatic N) is 4. The van der Waals surface area contributed by atoms with Crippen LogP contribution in [0.5, 0.6) is 5.75 Å². The molecule has 1 aromatic heterocycles. The van der Waals surface area contributed by atoms with Crippen molar-refractivity contribution in [3.63, 3.8) is 0 Å². The number of halogens is 1. The van der Waals surface area contributed by atoms with Gasteiger partial charge in [-0.15, -0.1) is 11.3 Å². The second kappa shape index (κ2) is 12.5. The summed E-state index contributed by atoms with van der Waals surface area (Å²) in [5.41, 5.74) is 2.07. The topological polar surface area (TPSA) is 74.7 Å². The number of hydrogen-bond acceptors (Lipinski definition) is 7. The van der Waals surface area contributed by atoms with Crippen molar-refractivity contribution in [1.82, 2.24) is 14.8 Å². The molecule has 5 rings (SSSR count). The molecular formula is C29H31FN4O4S. The van der Waals surface area contributed by atoms with Crippen LogP contribution in [0.15, 0.2) is 71.1 Å². The molecule has 0 bridgehead atoms. The van der Waals surface area contributed by atoms with E-state index < -0.39 is 0 Å². The molecule has 2 amide bonds. The van der Waals surface area contributed by atoms with E-state index in [4.69, 9.17) is 14.6 Å². The standard InChI is InChI=1S/C29H31FN4O4S/c1-37-24-10-6-22(7-11-24)29(36)33(13-12-32-14-16-38-17-15-32)20-28(35)34-26(21-4-8-23(30)9-5-21)19-25(31-34)27-3-2-18-39-27/h2-11,18,26H,12-17,19-20H2,1H3. The monoisotopic (exact) mass is 550 g/mol. The van der Waals surface area contributed by atoms with E-state index in [1.165, 1.54) is 17.1 Å². The lowest BCUT2D eigenvalue weighted by Gasteiger charge is -2.31. The Labute approximate surface area is 231 Å². The van der Waals surface area contributed by atoms with Gasteiger partial charge in [-0.3, -0.25) is 14.5 Å². The highest BCUT2D eigenvalue weighted by Gasteiger charge is 2.35. The molecule has 2 aromatic carbocycles. The number of morpholine rings is 1. The molecule has 204 valence electrons. The molecule has 2 aliphatic rings. The first kappa shape index (κ1) is 27.0. The Kier molecular flexibility index (Phi) is 8.65. The zero-order valence-electron chi connectivity index (χ0n) is 21.8. The predicted molar refractivity (Wildman–Crippen MR) is 148 cm³/mol. The number of carbonyl (C=O) groups is 2. The number of thiophene rings is 1. The zero-order valence-corrected chi connectivity index (χ0v) is 22.6. The summed E-state index contributed by atoms with van der Waals surface area (Å²) < 4.78 is 24.3. The average molecular weight is 551 g/mol. The van der Waals surface area contributed by atoms with Gasteiger partial charge in [0.05, 0.1) is 37.0 Å². The largest absolute Gasteiger partial charge is 0.497 e. The maximum Gasteiger partial charge on any atom is 0.262 e. The van der Waals surface area contributed by atoms with Gasteiger partial charge in [0.25, 0.3) is 11.8 Å². The number of methoxy groups -OCH3 is 1. The minimum Gasteiger partial charge on any atom is -0.497 e. The molecule has 8 nitrogen and oxygen atoms in total. The highest BCUT2D eigenvalue weighted by atomic mass is 32.1. The number of hydrazone groups is 1. The van der Waals surface area contributed by atoms with Crippen molar-refractivity contribution in [2.75, 3.05) is 53.0 Å². The summed E-state index contributed by atoms with van der Waals surface area (Å²) in [4.78, 5) is 32.2. The minimum absolute atomic E-state index is 0.131. The number of hydrogen-bond donors (Lipinski definition) is 0. The van der Waals surface area contributed by atoms with Crippen LogP contribution in [0.25, 0.3) is 0 Å². The van der Waals surface area contributed by atoms with Gasteiger partial charge in [0, 0.05) is 38.2 Å². The summed E-state index contributed by atoms with van der Waals surface area (Å²) in [6.07, 6.45) is 0.512. The Morgan fingerprint density at radius 2 is 1.85 bits per heavy atom. The molecule has 3 heterocycles. The van der Waals surface area contributed by atoms with Gasteiger partial charge in [-0.1, -0.05) is 18.2 Å². The van der Waals surface area contributed by atoms with E-state index in [9.17, 15) is 14.0 Å². The van der Waals surface area contributed by atoms with E-state index in [1.54, 1.807) is 59.7 Å². The maximum absolute atomic E-state index is 13.8. The molecule has 0 spiro atoms. The van der Waals surface area contributed by atoms with Crippen LogP contribution in [0, 0.1) is 5.82 Å². The summed E-state index contributed by atoms with van der Waals surface area (Å²) in [7, 11) is 1.57. The first-order chi connectivity index (χ1) is 19.0. The summed E-state index contributed by atoms with van der Waals surface area (Å²) in [5, 5.41) is 8.14. The van der Waals surface area contributed by atoms with Crippen molar-refractivity contribution in [1.29, 1.82) is 0 Å². The van der Waals surface area contributed by atoms with Crippen LogP contribution in [-0.4, -0.2) is 85.4 Å². The fourth-order valence-electron chi connectivity index (χ4n) is 4.77. The highest BCUT2D eigenvalue weighted by molar-refractivity contribution is 7.12. The van der Waals surface area contributed by atoms with E-state index in [2.05, 4.69) is 4.90 Å². The third-order valence-corrected chi connectivity index (χ3v) is 7.89. The van der Waals surface area contributed by atoms with E-state index >= 15 is 0 Å². The molecule has 0 radical (unpaired) electrons. The third-order valence-electron chi connectivity index (χ3n) is 6.97. The Morgan fingerprint density at radius 1 is 1.10 bits per heavy atom. The lowest BCUT2D eigenvalue weighted by Crippen LogP contribution is -2.46. The molecule has 10 heteroatoms. The van der Waals surface area contributed by atoms with Crippen molar-refractivity contribution in [3.05, 3.63) is 87.9 Å². The van der Waals surface area contributed by atoms with Gasteiger partial charge in [-0.05, 0) is 53.4 Å². The Hall–Kier alpha value is -3.60. The molecule has 0 aliphatic carbocycles. The lowest BCUT2D eigenvalue weighted by molar-refractivity contribution is -0.133. The van der Waals surface area contributed by atoms with Crippen molar-refractivity contribution < 1.29 is 23.5 Å². The molecule has 1 atom stereocenters. The number of benzene rings is 2. The normalized spacial score (nSPS) is 17.6. The summed E-state index contributed by atoms with van der Waals surface area (Å²) in [6.45, 7) is 3.75.